The van der Waals surface area contributed by atoms with E-state index in [0.29, 0.717) is 0 Å². The first-order valence-electron chi connectivity index (χ1n) is 6.61. The van der Waals surface area contributed by atoms with Gasteiger partial charge in [0.1, 0.15) is 5.75 Å². The SMILES string of the molecule is CCc1cccc(C(C)(N)c2ccccc2OC)c1. The van der Waals surface area contributed by atoms with Crippen molar-refractivity contribution in [3.8, 4) is 5.75 Å². The highest BCUT2D eigenvalue weighted by atomic mass is 16.5. The summed E-state index contributed by atoms with van der Waals surface area (Å²) in [6.45, 7) is 4.18. The molecule has 0 aliphatic carbocycles. The molecule has 2 aromatic rings. The van der Waals surface area contributed by atoms with Crippen LogP contribution in [0.25, 0.3) is 0 Å². The molecular formula is C17H21NO. The maximum atomic E-state index is 6.58. The van der Waals surface area contributed by atoms with Crippen LogP contribution in [0.1, 0.15) is 30.5 Å². The molecule has 0 spiro atoms. The molecule has 2 nitrogen and oxygen atoms in total. The van der Waals surface area contributed by atoms with E-state index in [2.05, 4.69) is 31.2 Å². The van der Waals surface area contributed by atoms with E-state index in [-0.39, 0.29) is 0 Å². The number of benzene rings is 2. The van der Waals surface area contributed by atoms with E-state index in [0.717, 1.165) is 23.3 Å². The Morgan fingerprint density at radius 3 is 2.53 bits per heavy atom. The van der Waals surface area contributed by atoms with Crippen molar-refractivity contribution >= 4 is 0 Å². The van der Waals surface area contributed by atoms with Crippen LogP contribution in [0.5, 0.6) is 5.75 Å². The Morgan fingerprint density at radius 2 is 1.84 bits per heavy atom. The van der Waals surface area contributed by atoms with E-state index in [1.165, 1.54) is 5.56 Å². The first-order valence-corrected chi connectivity index (χ1v) is 6.61. The van der Waals surface area contributed by atoms with Gasteiger partial charge in [-0.3, -0.25) is 0 Å². The summed E-state index contributed by atoms with van der Waals surface area (Å²) in [5.74, 6) is 0.828. The van der Waals surface area contributed by atoms with Gasteiger partial charge in [-0.25, -0.2) is 0 Å². The lowest BCUT2D eigenvalue weighted by atomic mass is 9.84. The lowest BCUT2D eigenvalue weighted by Crippen LogP contribution is -2.34. The highest BCUT2D eigenvalue weighted by molar-refractivity contribution is 5.46. The van der Waals surface area contributed by atoms with Crippen molar-refractivity contribution in [1.82, 2.24) is 0 Å². The lowest BCUT2D eigenvalue weighted by molar-refractivity contribution is 0.399. The predicted octanol–water partition coefficient (Wildman–Crippen LogP) is 3.48. The second kappa shape index (κ2) is 5.45. The van der Waals surface area contributed by atoms with Gasteiger partial charge in [0.2, 0.25) is 0 Å². The van der Waals surface area contributed by atoms with E-state index in [4.69, 9.17) is 10.5 Å². The molecule has 1 atom stereocenters. The highest BCUT2D eigenvalue weighted by Gasteiger charge is 2.26. The van der Waals surface area contributed by atoms with Crippen LogP contribution >= 0.6 is 0 Å². The Balaban J connectivity index is 2.51. The topological polar surface area (TPSA) is 35.2 Å². The van der Waals surface area contributed by atoms with Crippen LogP contribution in [0.15, 0.2) is 48.5 Å². The quantitative estimate of drug-likeness (QED) is 0.907. The second-order valence-electron chi connectivity index (χ2n) is 4.96. The Kier molecular flexibility index (Phi) is 3.91. The minimum atomic E-state index is -0.558. The molecule has 0 bridgehead atoms. The Labute approximate surface area is 115 Å². The zero-order valence-corrected chi connectivity index (χ0v) is 11.8. The third kappa shape index (κ3) is 2.64. The third-order valence-corrected chi connectivity index (χ3v) is 3.60. The minimum Gasteiger partial charge on any atom is -0.496 e. The van der Waals surface area contributed by atoms with Gasteiger partial charge < -0.3 is 10.5 Å². The Bertz CT molecular complexity index is 561. The van der Waals surface area contributed by atoms with Gasteiger partial charge in [0.25, 0.3) is 0 Å². The maximum absolute atomic E-state index is 6.58. The number of nitrogens with two attached hydrogens (primary N) is 1. The average Bonchev–Trinajstić information content (AvgIpc) is 2.47. The largest absolute Gasteiger partial charge is 0.496 e. The third-order valence-electron chi connectivity index (χ3n) is 3.60. The van der Waals surface area contributed by atoms with Crippen molar-refractivity contribution in [2.45, 2.75) is 25.8 Å². The van der Waals surface area contributed by atoms with E-state index in [1.54, 1.807) is 7.11 Å². The Hall–Kier alpha value is -1.80. The number of ether oxygens (including phenoxy) is 1. The predicted molar refractivity (Wildman–Crippen MR) is 79.5 cm³/mol. The summed E-state index contributed by atoms with van der Waals surface area (Å²) >= 11 is 0. The van der Waals surface area contributed by atoms with E-state index in [9.17, 15) is 0 Å². The van der Waals surface area contributed by atoms with Gasteiger partial charge in [-0.15, -0.1) is 0 Å². The van der Waals surface area contributed by atoms with Crippen molar-refractivity contribution in [2.24, 2.45) is 5.73 Å². The van der Waals surface area contributed by atoms with Gasteiger partial charge in [-0.1, -0.05) is 49.4 Å². The fourth-order valence-electron chi connectivity index (χ4n) is 2.34. The highest BCUT2D eigenvalue weighted by Crippen LogP contribution is 2.33. The van der Waals surface area contributed by atoms with Crippen molar-refractivity contribution in [3.63, 3.8) is 0 Å². The first kappa shape index (κ1) is 13.6. The van der Waals surface area contributed by atoms with Crippen molar-refractivity contribution in [3.05, 3.63) is 65.2 Å². The number of hydrogen-bond donors (Lipinski definition) is 1. The van der Waals surface area contributed by atoms with Crippen LogP contribution in [0.3, 0.4) is 0 Å². The second-order valence-corrected chi connectivity index (χ2v) is 4.96. The summed E-state index contributed by atoms with van der Waals surface area (Å²) in [6.07, 6.45) is 1.01. The van der Waals surface area contributed by atoms with Crippen molar-refractivity contribution < 1.29 is 4.74 Å². The monoisotopic (exact) mass is 255 g/mol. The summed E-state index contributed by atoms with van der Waals surface area (Å²) in [5.41, 5.74) is 9.43. The van der Waals surface area contributed by atoms with Crippen LogP contribution in [-0.4, -0.2) is 7.11 Å². The van der Waals surface area contributed by atoms with Gasteiger partial charge in [0, 0.05) is 5.56 Å². The Morgan fingerprint density at radius 1 is 1.11 bits per heavy atom. The fraction of sp³-hybridized carbons (Fsp3) is 0.294. The molecular weight excluding hydrogens is 234 g/mol. The van der Waals surface area contributed by atoms with E-state index < -0.39 is 5.54 Å². The standard InChI is InChI=1S/C17H21NO/c1-4-13-8-7-9-14(12-13)17(2,18)15-10-5-6-11-16(15)19-3/h5-12H,4,18H2,1-3H3. The smallest absolute Gasteiger partial charge is 0.124 e. The minimum absolute atomic E-state index is 0.558. The van der Waals surface area contributed by atoms with Gasteiger partial charge in [0.05, 0.1) is 12.6 Å². The molecule has 19 heavy (non-hydrogen) atoms. The van der Waals surface area contributed by atoms with Crippen LogP contribution in [0.2, 0.25) is 0 Å². The number of aryl methyl sites for hydroxylation is 1. The molecule has 0 aliphatic rings. The van der Waals surface area contributed by atoms with E-state index in [1.807, 2.05) is 31.2 Å². The number of para-hydroxylation sites is 1. The van der Waals surface area contributed by atoms with Gasteiger partial charge in [-0.05, 0) is 30.5 Å². The number of hydrogen-bond acceptors (Lipinski definition) is 2. The maximum Gasteiger partial charge on any atom is 0.124 e. The van der Waals surface area contributed by atoms with Crippen LogP contribution in [-0.2, 0) is 12.0 Å². The normalized spacial score (nSPS) is 13.9. The zero-order valence-electron chi connectivity index (χ0n) is 11.8. The summed E-state index contributed by atoms with van der Waals surface area (Å²) in [4.78, 5) is 0. The number of rotatable bonds is 4. The first-order chi connectivity index (χ1) is 9.09. The van der Waals surface area contributed by atoms with Crippen molar-refractivity contribution in [2.75, 3.05) is 7.11 Å². The molecule has 2 aromatic carbocycles. The molecule has 0 amide bonds. The average molecular weight is 255 g/mol. The van der Waals surface area contributed by atoms with Crippen LogP contribution < -0.4 is 10.5 Å². The molecule has 0 radical (unpaired) electrons. The molecule has 0 fully saturated rings. The molecule has 0 saturated carbocycles. The molecule has 0 aliphatic heterocycles. The van der Waals surface area contributed by atoms with Crippen LogP contribution in [0, 0.1) is 0 Å². The summed E-state index contributed by atoms with van der Waals surface area (Å²) < 4.78 is 5.43. The molecule has 0 aromatic heterocycles. The summed E-state index contributed by atoms with van der Waals surface area (Å²) in [5, 5.41) is 0. The summed E-state index contributed by atoms with van der Waals surface area (Å²) in [7, 11) is 1.68. The van der Waals surface area contributed by atoms with E-state index >= 15 is 0 Å². The van der Waals surface area contributed by atoms with Gasteiger partial charge >= 0.3 is 0 Å². The molecule has 2 rings (SSSR count). The van der Waals surface area contributed by atoms with Crippen molar-refractivity contribution in [1.29, 1.82) is 0 Å². The molecule has 100 valence electrons. The molecule has 0 saturated heterocycles. The number of methoxy groups -OCH3 is 1. The molecule has 2 heteroatoms. The van der Waals surface area contributed by atoms with Crippen LogP contribution in [0.4, 0.5) is 0 Å². The molecule has 1 unspecified atom stereocenters. The summed E-state index contributed by atoms with van der Waals surface area (Å²) in [6, 6.07) is 16.4. The van der Waals surface area contributed by atoms with Gasteiger partial charge in [-0.2, -0.15) is 0 Å². The lowest BCUT2D eigenvalue weighted by Gasteiger charge is -2.28. The zero-order chi connectivity index (χ0) is 13.9. The van der Waals surface area contributed by atoms with Gasteiger partial charge in [0.15, 0.2) is 0 Å². The molecule has 2 N–H and O–H groups in total. The fourth-order valence-corrected chi connectivity index (χ4v) is 2.34. The molecule has 0 heterocycles.